The van der Waals surface area contributed by atoms with Crippen molar-refractivity contribution >= 4 is 53.1 Å². The summed E-state index contributed by atoms with van der Waals surface area (Å²) in [4.78, 5) is 4.53. The molecule has 6 nitrogen and oxygen atoms in total. The minimum Gasteiger partial charge on any atom is -0.490 e. The van der Waals surface area contributed by atoms with E-state index in [0.717, 1.165) is 32.0 Å². The maximum Gasteiger partial charge on any atom is 0.191 e. The number of benzene rings is 1. The van der Waals surface area contributed by atoms with Gasteiger partial charge in [-0.3, -0.25) is 4.99 Å². The first-order valence-electron chi connectivity index (χ1n) is 8.99. The predicted octanol–water partition coefficient (Wildman–Crippen LogP) is 3.74. The van der Waals surface area contributed by atoms with Crippen molar-refractivity contribution in [2.24, 2.45) is 4.99 Å². The van der Waals surface area contributed by atoms with Crippen LogP contribution in [0.4, 0.5) is 0 Å². The van der Waals surface area contributed by atoms with Crippen LogP contribution >= 0.6 is 47.2 Å². The molecule has 0 amide bonds. The molecule has 0 radical (unpaired) electrons. The maximum absolute atomic E-state index is 6.10. The molecule has 27 heavy (non-hydrogen) atoms. The molecule has 0 bridgehead atoms. The molecule has 1 aliphatic heterocycles. The summed E-state index contributed by atoms with van der Waals surface area (Å²) in [6, 6.07) is 5.33. The third-order valence-electron chi connectivity index (χ3n) is 3.73. The Morgan fingerprint density at radius 3 is 2.89 bits per heavy atom. The molecular formula is C18H28Cl2IN3O3. The van der Waals surface area contributed by atoms with E-state index in [0.29, 0.717) is 48.7 Å². The zero-order chi connectivity index (χ0) is 18.6. The third kappa shape index (κ3) is 9.51. The standard InChI is InChI=1S/C18H27Cl2N3O3.HI/c1-2-21-18(22-8-4-10-25-14-7-11-24-13-14)23-9-12-26-16-6-3-5-15(19)17(16)20;/h3,5-6,14H,2,4,7-13H2,1H3,(H2,21,22,23);1H. The average molecular weight is 532 g/mol. The normalized spacial score (nSPS) is 16.7. The predicted molar refractivity (Wildman–Crippen MR) is 121 cm³/mol. The van der Waals surface area contributed by atoms with E-state index in [2.05, 4.69) is 15.6 Å². The van der Waals surface area contributed by atoms with Crippen LogP contribution in [0.5, 0.6) is 5.75 Å². The van der Waals surface area contributed by atoms with Gasteiger partial charge in [-0.15, -0.1) is 24.0 Å². The van der Waals surface area contributed by atoms with E-state index in [1.807, 2.05) is 13.0 Å². The second-order valence-corrected chi connectivity index (χ2v) is 6.58. The summed E-state index contributed by atoms with van der Waals surface area (Å²) in [6.45, 7) is 6.80. The molecule has 2 N–H and O–H groups in total. The van der Waals surface area contributed by atoms with Crippen LogP contribution < -0.4 is 15.4 Å². The zero-order valence-electron chi connectivity index (χ0n) is 15.5. The molecule has 1 saturated heterocycles. The van der Waals surface area contributed by atoms with E-state index in [-0.39, 0.29) is 30.1 Å². The number of hydrogen-bond acceptors (Lipinski definition) is 4. The Labute approximate surface area is 188 Å². The van der Waals surface area contributed by atoms with E-state index in [4.69, 9.17) is 37.4 Å². The van der Waals surface area contributed by atoms with Gasteiger partial charge in [0.2, 0.25) is 0 Å². The van der Waals surface area contributed by atoms with Crippen LogP contribution in [0.25, 0.3) is 0 Å². The Balaban J connectivity index is 0.00000364. The van der Waals surface area contributed by atoms with Gasteiger partial charge < -0.3 is 24.8 Å². The molecule has 0 saturated carbocycles. The first-order chi connectivity index (χ1) is 12.7. The summed E-state index contributed by atoms with van der Waals surface area (Å²) in [6.07, 6.45) is 2.12. The Morgan fingerprint density at radius 2 is 2.15 bits per heavy atom. The van der Waals surface area contributed by atoms with Crippen LogP contribution in [0.15, 0.2) is 23.2 Å². The summed E-state index contributed by atoms with van der Waals surface area (Å²) in [5, 5.41) is 7.36. The molecule has 1 aliphatic rings. The highest BCUT2D eigenvalue weighted by molar-refractivity contribution is 14.0. The van der Waals surface area contributed by atoms with E-state index in [9.17, 15) is 0 Å². The molecule has 0 aliphatic carbocycles. The number of aliphatic imine (C=N–C) groups is 1. The fourth-order valence-corrected chi connectivity index (χ4v) is 2.76. The molecule has 1 aromatic carbocycles. The van der Waals surface area contributed by atoms with Crippen molar-refractivity contribution < 1.29 is 14.2 Å². The highest BCUT2D eigenvalue weighted by atomic mass is 127. The quantitative estimate of drug-likeness (QED) is 0.208. The van der Waals surface area contributed by atoms with Crippen molar-refractivity contribution in [3.8, 4) is 5.75 Å². The summed E-state index contributed by atoms with van der Waals surface area (Å²) < 4.78 is 16.7. The van der Waals surface area contributed by atoms with E-state index in [1.54, 1.807) is 12.1 Å². The van der Waals surface area contributed by atoms with Crippen LogP contribution in [-0.4, -0.2) is 58.1 Å². The Bertz CT molecular complexity index is 573. The van der Waals surface area contributed by atoms with Crippen LogP contribution in [0.1, 0.15) is 19.8 Å². The first-order valence-corrected chi connectivity index (χ1v) is 9.74. The number of nitrogens with one attached hydrogen (secondary N) is 2. The molecule has 1 heterocycles. The molecule has 154 valence electrons. The van der Waals surface area contributed by atoms with Crippen molar-refractivity contribution in [1.82, 2.24) is 10.6 Å². The van der Waals surface area contributed by atoms with Gasteiger partial charge >= 0.3 is 0 Å². The van der Waals surface area contributed by atoms with Crippen LogP contribution in [0.3, 0.4) is 0 Å². The van der Waals surface area contributed by atoms with E-state index in [1.165, 1.54) is 0 Å². The van der Waals surface area contributed by atoms with Gasteiger partial charge in [0, 0.05) is 26.3 Å². The minimum atomic E-state index is 0. The van der Waals surface area contributed by atoms with Crippen molar-refractivity contribution in [2.75, 3.05) is 46.1 Å². The highest BCUT2D eigenvalue weighted by Crippen LogP contribution is 2.31. The second kappa shape index (κ2) is 14.5. The largest absolute Gasteiger partial charge is 0.490 e. The number of nitrogens with zero attached hydrogens (tertiary/aromatic N) is 1. The number of rotatable bonds is 10. The van der Waals surface area contributed by atoms with E-state index >= 15 is 0 Å². The van der Waals surface area contributed by atoms with Gasteiger partial charge in [-0.1, -0.05) is 29.3 Å². The third-order valence-corrected chi connectivity index (χ3v) is 4.53. The summed E-state index contributed by atoms with van der Waals surface area (Å²) >= 11 is 12.1. The molecule has 9 heteroatoms. The van der Waals surface area contributed by atoms with Gasteiger partial charge in [-0.25, -0.2) is 0 Å². The summed E-state index contributed by atoms with van der Waals surface area (Å²) in [7, 11) is 0. The lowest BCUT2D eigenvalue weighted by Gasteiger charge is -2.13. The molecule has 0 aromatic heterocycles. The summed E-state index contributed by atoms with van der Waals surface area (Å²) in [5.74, 6) is 1.34. The maximum atomic E-state index is 6.10. The van der Waals surface area contributed by atoms with Crippen molar-refractivity contribution in [2.45, 2.75) is 25.9 Å². The van der Waals surface area contributed by atoms with Gasteiger partial charge in [0.1, 0.15) is 17.4 Å². The fourth-order valence-electron chi connectivity index (χ4n) is 2.42. The molecule has 1 atom stereocenters. The van der Waals surface area contributed by atoms with Crippen molar-refractivity contribution in [1.29, 1.82) is 0 Å². The summed E-state index contributed by atoms with van der Waals surface area (Å²) in [5.41, 5.74) is 0. The number of hydrogen-bond donors (Lipinski definition) is 2. The monoisotopic (exact) mass is 531 g/mol. The lowest BCUT2D eigenvalue weighted by Crippen LogP contribution is -2.39. The smallest absolute Gasteiger partial charge is 0.191 e. The Morgan fingerprint density at radius 1 is 1.30 bits per heavy atom. The topological polar surface area (TPSA) is 64.1 Å². The van der Waals surface area contributed by atoms with Gasteiger partial charge in [0.25, 0.3) is 0 Å². The Kier molecular flexibility index (Phi) is 13.2. The lowest BCUT2D eigenvalue weighted by molar-refractivity contribution is 0.0424. The fraction of sp³-hybridized carbons (Fsp3) is 0.611. The zero-order valence-corrected chi connectivity index (χ0v) is 19.4. The van der Waals surface area contributed by atoms with E-state index < -0.39 is 0 Å². The van der Waals surface area contributed by atoms with Crippen LogP contribution in [0, 0.1) is 0 Å². The van der Waals surface area contributed by atoms with Gasteiger partial charge in [-0.05, 0) is 31.9 Å². The van der Waals surface area contributed by atoms with Crippen LogP contribution in [0.2, 0.25) is 10.0 Å². The number of guanidine groups is 1. The Hall–Kier alpha value is -0.480. The van der Waals surface area contributed by atoms with Crippen molar-refractivity contribution in [3.63, 3.8) is 0 Å². The van der Waals surface area contributed by atoms with Gasteiger partial charge in [-0.2, -0.15) is 0 Å². The molecule has 0 spiro atoms. The molecule has 1 fully saturated rings. The first kappa shape index (κ1) is 24.6. The number of ether oxygens (including phenoxy) is 3. The second-order valence-electron chi connectivity index (χ2n) is 5.80. The molecular weight excluding hydrogens is 504 g/mol. The van der Waals surface area contributed by atoms with Gasteiger partial charge in [0.05, 0.1) is 24.3 Å². The SMILES string of the molecule is CCNC(=NCCCOC1CCOC1)NCCOc1cccc(Cl)c1Cl.I. The average Bonchev–Trinajstić information content (AvgIpc) is 3.15. The molecule has 1 aromatic rings. The minimum absolute atomic E-state index is 0. The van der Waals surface area contributed by atoms with Crippen molar-refractivity contribution in [3.05, 3.63) is 28.2 Å². The van der Waals surface area contributed by atoms with Gasteiger partial charge in [0.15, 0.2) is 5.96 Å². The number of halogens is 3. The lowest BCUT2D eigenvalue weighted by atomic mass is 10.3. The molecule has 1 unspecified atom stereocenters. The van der Waals surface area contributed by atoms with Crippen LogP contribution in [-0.2, 0) is 9.47 Å². The molecule has 2 rings (SSSR count). The highest BCUT2D eigenvalue weighted by Gasteiger charge is 2.15.